The van der Waals surface area contributed by atoms with Crippen LogP contribution in [0.4, 0.5) is 5.69 Å². The van der Waals surface area contributed by atoms with Gasteiger partial charge in [-0.15, -0.1) is 0 Å². The largest absolute Gasteiger partial charge is 0.395 e. The molecule has 4 aromatic rings. The van der Waals surface area contributed by atoms with E-state index in [4.69, 9.17) is 39.2 Å². The lowest BCUT2D eigenvalue weighted by Gasteiger charge is -2.09. The number of benzene rings is 3. The van der Waals surface area contributed by atoms with Gasteiger partial charge in [-0.05, 0) is 48.5 Å². The molecule has 3 aromatic carbocycles. The minimum absolute atomic E-state index is 0.0114. The van der Waals surface area contributed by atoms with Crippen molar-refractivity contribution < 1.29 is 8.42 Å². The van der Waals surface area contributed by atoms with Gasteiger partial charge in [0.1, 0.15) is 5.69 Å². The van der Waals surface area contributed by atoms with Crippen molar-refractivity contribution in [2.75, 3.05) is 5.73 Å². The first-order chi connectivity index (χ1) is 14.2. The molecule has 4 N–H and O–H groups in total. The number of rotatable bonds is 4. The van der Waals surface area contributed by atoms with Gasteiger partial charge in [0.15, 0.2) is 0 Å². The molecule has 9 heteroatoms. The maximum atomic E-state index is 11.6. The Morgan fingerprint density at radius 1 is 0.767 bits per heavy atom. The van der Waals surface area contributed by atoms with E-state index in [1.165, 1.54) is 12.1 Å². The van der Waals surface area contributed by atoms with E-state index in [1.54, 1.807) is 41.1 Å². The third-order valence-electron chi connectivity index (χ3n) is 4.57. The van der Waals surface area contributed by atoms with Crippen LogP contribution < -0.4 is 10.9 Å². The first-order valence-corrected chi connectivity index (χ1v) is 11.1. The average Bonchev–Trinajstić information content (AvgIpc) is 3.06. The molecule has 0 aliphatic rings. The predicted octanol–water partition coefficient (Wildman–Crippen LogP) is 4.74. The van der Waals surface area contributed by atoms with Gasteiger partial charge in [0, 0.05) is 21.2 Å². The zero-order valence-electron chi connectivity index (χ0n) is 15.5. The number of primary sulfonamides is 1. The van der Waals surface area contributed by atoms with Gasteiger partial charge in [-0.1, -0.05) is 47.5 Å². The lowest BCUT2D eigenvalue weighted by atomic mass is 10.1. The highest BCUT2D eigenvalue weighted by molar-refractivity contribution is 7.89. The lowest BCUT2D eigenvalue weighted by molar-refractivity contribution is 0.598. The number of anilines is 1. The molecule has 1 aromatic heterocycles. The van der Waals surface area contributed by atoms with Gasteiger partial charge in [0.2, 0.25) is 10.0 Å². The van der Waals surface area contributed by atoms with Crippen molar-refractivity contribution in [3.8, 4) is 28.2 Å². The van der Waals surface area contributed by atoms with E-state index in [1.807, 2.05) is 24.3 Å². The molecule has 1 heterocycles. The Labute approximate surface area is 183 Å². The molecule has 30 heavy (non-hydrogen) atoms. The maximum Gasteiger partial charge on any atom is 0.238 e. The summed E-state index contributed by atoms with van der Waals surface area (Å²) in [6.45, 7) is 0. The summed E-state index contributed by atoms with van der Waals surface area (Å²) in [7, 11) is -3.80. The highest BCUT2D eigenvalue weighted by Gasteiger charge is 2.20. The van der Waals surface area contributed by atoms with Crippen molar-refractivity contribution in [1.82, 2.24) is 9.78 Å². The van der Waals surface area contributed by atoms with Gasteiger partial charge in [-0.3, -0.25) is 0 Å². The van der Waals surface area contributed by atoms with Crippen LogP contribution in [-0.4, -0.2) is 18.2 Å². The van der Waals surface area contributed by atoms with Crippen LogP contribution in [0.25, 0.3) is 28.2 Å². The summed E-state index contributed by atoms with van der Waals surface area (Å²) < 4.78 is 24.8. The fourth-order valence-corrected chi connectivity index (χ4v) is 3.87. The summed E-state index contributed by atoms with van der Waals surface area (Å²) in [4.78, 5) is 0.0114. The van der Waals surface area contributed by atoms with Gasteiger partial charge in [0.25, 0.3) is 0 Å². The number of halogens is 2. The van der Waals surface area contributed by atoms with E-state index >= 15 is 0 Å². The summed E-state index contributed by atoms with van der Waals surface area (Å²) in [6.07, 6.45) is 0. The third kappa shape index (κ3) is 3.93. The van der Waals surface area contributed by atoms with Gasteiger partial charge >= 0.3 is 0 Å². The average molecular weight is 459 g/mol. The second-order valence-corrected chi connectivity index (χ2v) is 9.01. The van der Waals surface area contributed by atoms with Gasteiger partial charge in [-0.2, -0.15) is 5.10 Å². The van der Waals surface area contributed by atoms with E-state index in [0.717, 1.165) is 11.1 Å². The molecule has 0 saturated carbocycles. The fraction of sp³-hybridized carbons (Fsp3) is 0. The fourth-order valence-electron chi connectivity index (χ4n) is 3.10. The standard InChI is InChI=1S/C21H16Cl2N4O2S/c22-15-5-1-13(2-6-15)20-19(24)21(14-3-7-16(23)8-4-14)27(26-20)17-9-11-18(12-10-17)30(25,28)29/h1-12H,24H2,(H2,25,28,29). The van der Waals surface area contributed by atoms with Crippen LogP contribution in [0.15, 0.2) is 77.7 Å². The Balaban J connectivity index is 1.93. The summed E-state index contributed by atoms with van der Waals surface area (Å²) in [5.41, 5.74) is 10.4. The van der Waals surface area contributed by atoms with Crippen LogP contribution in [0.1, 0.15) is 0 Å². The molecular weight excluding hydrogens is 443 g/mol. The van der Waals surface area contributed by atoms with E-state index in [2.05, 4.69) is 0 Å². The summed E-state index contributed by atoms with van der Waals surface area (Å²) in [6, 6.07) is 20.5. The minimum atomic E-state index is -3.80. The minimum Gasteiger partial charge on any atom is -0.395 e. The number of hydrogen-bond donors (Lipinski definition) is 2. The van der Waals surface area contributed by atoms with E-state index in [-0.39, 0.29) is 4.90 Å². The molecule has 0 unspecified atom stereocenters. The first kappa shape index (κ1) is 20.4. The van der Waals surface area contributed by atoms with Crippen LogP contribution in [0.5, 0.6) is 0 Å². The highest BCUT2D eigenvalue weighted by Crippen LogP contribution is 2.37. The topological polar surface area (TPSA) is 104 Å². The zero-order chi connectivity index (χ0) is 21.5. The highest BCUT2D eigenvalue weighted by atomic mass is 35.5. The number of aromatic nitrogens is 2. The second-order valence-electron chi connectivity index (χ2n) is 6.58. The molecule has 0 amide bonds. The molecule has 6 nitrogen and oxygen atoms in total. The van der Waals surface area contributed by atoms with Gasteiger partial charge < -0.3 is 5.73 Å². The van der Waals surface area contributed by atoms with Crippen molar-refractivity contribution in [3.05, 3.63) is 82.8 Å². The van der Waals surface area contributed by atoms with Crippen molar-refractivity contribution in [2.45, 2.75) is 4.90 Å². The van der Waals surface area contributed by atoms with E-state index in [0.29, 0.717) is 32.8 Å². The molecule has 0 aliphatic heterocycles. The molecule has 0 fully saturated rings. The van der Waals surface area contributed by atoms with Crippen molar-refractivity contribution in [1.29, 1.82) is 0 Å². The molecule has 0 bridgehead atoms. The van der Waals surface area contributed by atoms with Crippen molar-refractivity contribution in [2.24, 2.45) is 5.14 Å². The van der Waals surface area contributed by atoms with Crippen molar-refractivity contribution >= 4 is 38.9 Å². The van der Waals surface area contributed by atoms with Crippen LogP contribution in [0.3, 0.4) is 0 Å². The molecular formula is C21H16Cl2N4O2S. The summed E-state index contributed by atoms with van der Waals surface area (Å²) >= 11 is 12.0. The Morgan fingerprint density at radius 2 is 1.27 bits per heavy atom. The smallest absolute Gasteiger partial charge is 0.238 e. The lowest BCUT2D eigenvalue weighted by Crippen LogP contribution is -2.12. The summed E-state index contributed by atoms with van der Waals surface area (Å²) in [5, 5.41) is 11.1. The quantitative estimate of drug-likeness (QED) is 0.460. The van der Waals surface area contributed by atoms with Crippen LogP contribution in [-0.2, 0) is 10.0 Å². The third-order valence-corrected chi connectivity index (χ3v) is 6.00. The van der Waals surface area contributed by atoms with E-state index < -0.39 is 10.0 Å². The normalized spacial score (nSPS) is 11.6. The first-order valence-electron chi connectivity index (χ1n) is 8.77. The Kier molecular flexibility index (Phi) is 5.29. The Bertz CT molecular complexity index is 1320. The molecule has 152 valence electrons. The van der Waals surface area contributed by atoms with Gasteiger partial charge in [-0.25, -0.2) is 18.2 Å². The number of hydrogen-bond acceptors (Lipinski definition) is 4. The zero-order valence-corrected chi connectivity index (χ0v) is 17.8. The molecule has 0 radical (unpaired) electrons. The Hall–Kier alpha value is -2.84. The molecule has 0 saturated heterocycles. The van der Waals surface area contributed by atoms with Crippen molar-refractivity contribution in [3.63, 3.8) is 0 Å². The predicted molar refractivity (Wildman–Crippen MR) is 120 cm³/mol. The maximum absolute atomic E-state index is 11.6. The number of nitrogen functional groups attached to an aromatic ring is 1. The Morgan fingerprint density at radius 3 is 1.77 bits per heavy atom. The summed E-state index contributed by atoms with van der Waals surface area (Å²) in [5.74, 6) is 0. The van der Waals surface area contributed by atoms with Crippen LogP contribution >= 0.6 is 23.2 Å². The van der Waals surface area contributed by atoms with Crippen LogP contribution in [0.2, 0.25) is 10.0 Å². The number of nitrogens with two attached hydrogens (primary N) is 2. The molecule has 0 aliphatic carbocycles. The van der Waals surface area contributed by atoms with Gasteiger partial charge in [0.05, 0.1) is 22.0 Å². The molecule has 4 rings (SSSR count). The van der Waals surface area contributed by atoms with Crippen LogP contribution in [0, 0.1) is 0 Å². The number of nitrogens with zero attached hydrogens (tertiary/aromatic N) is 2. The number of sulfonamides is 1. The SMILES string of the molecule is Nc1c(-c2ccc(Cl)cc2)nn(-c2ccc(S(N)(=O)=O)cc2)c1-c1ccc(Cl)cc1. The monoisotopic (exact) mass is 458 g/mol. The molecule has 0 spiro atoms. The van der Waals surface area contributed by atoms with E-state index in [9.17, 15) is 8.42 Å². The molecule has 0 atom stereocenters. The second kappa shape index (κ2) is 7.77.